The third kappa shape index (κ3) is 6.03. The van der Waals surface area contributed by atoms with Crippen molar-refractivity contribution >= 4 is 11.9 Å². The molecule has 0 bridgehead atoms. The number of aliphatic hydroxyl groups is 1. The van der Waals surface area contributed by atoms with Crippen molar-refractivity contribution in [2.75, 3.05) is 0 Å². The van der Waals surface area contributed by atoms with Crippen LogP contribution in [0.3, 0.4) is 0 Å². The molecule has 0 saturated carbocycles. The van der Waals surface area contributed by atoms with Crippen molar-refractivity contribution in [3.8, 4) is 11.1 Å². The molecule has 152 valence electrons. The van der Waals surface area contributed by atoms with Gasteiger partial charge in [-0.25, -0.2) is 4.79 Å². The largest absolute Gasteiger partial charge is 0.458 e. The van der Waals surface area contributed by atoms with Crippen LogP contribution in [0.4, 0.5) is 0 Å². The molecule has 0 aliphatic carbocycles. The minimum atomic E-state index is -1.32. The standard InChI is InChI=1S/C24H26O5/c1-17(25)28-22(21-16-23(26)29-24(21)27)11-7-2-4-8-18-12-14-20(15-13-18)19-9-5-3-6-10-19/h3,5-6,9-10,12-16,22,24,27H,2,4,7-8,11H2,1H3. The molecule has 1 N–H and O–H groups in total. The number of carbonyl (C=O) groups is 2. The summed E-state index contributed by atoms with van der Waals surface area (Å²) >= 11 is 0. The zero-order chi connectivity index (χ0) is 20.6. The number of cyclic esters (lactones) is 1. The van der Waals surface area contributed by atoms with Gasteiger partial charge in [-0.1, -0.05) is 61.0 Å². The van der Waals surface area contributed by atoms with Crippen LogP contribution in [0.2, 0.25) is 0 Å². The first kappa shape index (κ1) is 20.8. The highest BCUT2D eigenvalue weighted by Gasteiger charge is 2.31. The lowest BCUT2D eigenvalue weighted by atomic mass is 9.99. The normalized spacial score (nSPS) is 16.8. The second-order valence-electron chi connectivity index (χ2n) is 7.19. The summed E-state index contributed by atoms with van der Waals surface area (Å²) in [5.74, 6) is -1.05. The third-order valence-electron chi connectivity index (χ3n) is 4.97. The number of aryl methyl sites for hydroxylation is 1. The van der Waals surface area contributed by atoms with Gasteiger partial charge < -0.3 is 14.6 Å². The first-order chi connectivity index (χ1) is 14.0. The molecule has 0 saturated heterocycles. The number of aliphatic hydroxyl groups excluding tert-OH is 1. The van der Waals surface area contributed by atoms with Gasteiger partial charge in [0.2, 0.25) is 6.29 Å². The first-order valence-corrected chi connectivity index (χ1v) is 9.94. The predicted octanol–water partition coefficient (Wildman–Crippen LogP) is 4.19. The minimum Gasteiger partial charge on any atom is -0.458 e. The van der Waals surface area contributed by atoms with Gasteiger partial charge in [-0.15, -0.1) is 0 Å². The summed E-state index contributed by atoms with van der Waals surface area (Å²) < 4.78 is 9.97. The minimum absolute atomic E-state index is 0.321. The summed E-state index contributed by atoms with van der Waals surface area (Å²) in [4.78, 5) is 22.6. The second kappa shape index (κ2) is 10.0. The van der Waals surface area contributed by atoms with Crippen LogP contribution in [0, 0.1) is 0 Å². The molecule has 0 amide bonds. The molecule has 0 aromatic heterocycles. The summed E-state index contributed by atoms with van der Waals surface area (Å²) in [6.45, 7) is 1.32. The van der Waals surface area contributed by atoms with Crippen molar-refractivity contribution < 1.29 is 24.2 Å². The molecular formula is C24H26O5. The van der Waals surface area contributed by atoms with E-state index in [0.29, 0.717) is 12.0 Å². The molecule has 2 aromatic carbocycles. The topological polar surface area (TPSA) is 72.8 Å². The van der Waals surface area contributed by atoms with Crippen LogP contribution < -0.4 is 0 Å². The molecule has 0 radical (unpaired) electrons. The van der Waals surface area contributed by atoms with Gasteiger partial charge in [0, 0.05) is 18.6 Å². The summed E-state index contributed by atoms with van der Waals surface area (Å²) in [5, 5.41) is 9.80. The Bertz CT molecular complexity index is 855. The maximum Gasteiger partial charge on any atom is 0.333 e. The highest BCUT2D eigenvalue weighted by Crippen LogP contribution is 2.24. The lowest BCUT2D eigenvalue weighted by molar-refractivity contribution is -0.153. The van der Waals surface area contributed by atoms with Crippen LogP contribution in [0.15, 0.2) is 66.2 Å². The van der Waals surface area contributed by atoms with E-state index >= 15 is 0 Å². The van der Waals surface area contributed by atoms with Gasteiger partial charge in [0.05, 0.1) is 0 Å². The predicted molar refractivity (Wildman–Crippen MR) is 110 cm³/mol. The number of carbonyl (C=O) groups excluding carboxylic acids is 2. The number of hydrogen-bond acceptors (Lipinski definition) is 5. The van der Waals surface area contributed by atoms with Crippen LogP contribution in [0.5, 0.6) is 0 Å². The molecule has 5 nitrogen and oxygen atoms in total. The van der Waals surface area contributed by atoms with Gasteiger partial charge in [-0.2, -0.15) is 0 Å². The summed E-state index contributed by atoms with van der Waals surface area (Å²) in [5.41, 5.74) is 4.02. The Morgan fingerprint density at radius 1 is 1.03 bits per heavy atom. The van der Waals surface area contributed by atoms with E-state index in [9.17, 15) is 14.7 Å². The van der Waals surface area contributed by atoms with Gasteiger partial charge in [0.25, 0.3) is 0 Å². The summed E-state index contributed by atoms with van der Waals surface area (Å²) in [6, 6.07) is 18.9. The smallest absolute Gasteiger partial charge is 0.333 e. The van der Waals surface area contributed by atoms with Gasteiger partial charge in [0.1, 0.15) is 6.10 Å². The average Bonchev–Trinajstić information content (AvgIpc) is 3.05. The number of rotatable bonds is 9. The lowest BCUT2D eigenvalue weighted by Gasteiger charge is -2.19. The van der Waals surface area contributed by atoms with Crippen LogP contribution in [-0.4, -0.2) is 29.4 Å². The Balaban J connectivity index is 1.45. The van der Waals surface area contributed by atoms with Crippen molar-refractivity contribution in [3.63, 3.8) is 0 Å². The molecule has 1 aliphatic heterocycles. The quantitative estimate of drug-likeness (QED) is 0.510. The molecular weight excluding hydrogens is 368 g/mol. The molecule has 3 rings (SSSR count). The van der Waals surface area contributed by atoms with E-state index in [2.05, 4.69) is 36.4 Å². The van der Waals surface area contributed by atoms with E-state index in [1.807, 2.05) is 18.2 Å². The molecule has 0 fully saturated rings. The monoisotopic (exact) mass is 394 g/mol. The van der Waals surface area contributed by atoms with Crippen molar-refractivity contribution in [1.82, 2.24) is 0 Å². The number of benzene rings is 2. The van der Waals surface area contributed by atoms with Crippen molar-refractivity contribution in [2.45, 2.75) is 51.4 Å². The second-order valence-corrected chi connectivity index (χ2v) is 7.19. The molecule has 2 atom stereocenters. The number of unbranched alkanes of at least 4 members (excludes halogenated alkanes) is 2. The van der Waals surface area contributed by atoms with E-state index in [0.717, 1.165) is 25.7 Å². The van der Waals surface area contributed by atoms with E-state index < -0.39 is 24.3 Å². The zero-order valence-electron chi connectivity index (χ0n) is 16.5. The number of ether oxygens (including phenoxy) is 2. The van der Waals surface area contributed by atoms with Crippen molar-refractivity contribution in [2.24, 2.45) is 0 Å². The first-order valence-electron chi connectivity index (χ1n) is 9.94. The van der Waals surface area contributed by atoms with E-state index in [4.69, 9.17) is 9.47 Å². The lowest BCUT2D eigenvalue weighted by Crippen LogP contribution is -2.25. The third-order valence-corrected chi connectivity index (χ3v) is 4.97. The Hall–Kier alpha value is -2.92. The fourth-order valence-corrected chi connectivity index (χ4v) is 3.50. The van der Waals surface area contributed by atoms with Crippen LogP contribution in [0.25, 0.3) is 11.1 Å². The highest BCUT2D eigenvalue weighted by molar-refractivity contribution is 5.86. The molecule has 1 aliphatic rings. The van der Waals surface area contributed by atoms with E-state index in [1.165, 1.54) is 29.7 Å². The molecule has 0 spiro atoms. The van der Waals surface area contributed by atoms with Gasteiger partial charge in [-0.05, 0) is 42.4 Å². The Morgan fingerprint density at radius 2 is 1.72 bits per heavy atom. The number of hydrogen-bond donors (Lipinski definition) is 1. The maximum atomic E-state index is 11.3. The SMILES string of the molecule is CC(=O)OC(CCCCCc1ccc(-c2ccccc2)cc1)C1=CC(=O)OC1O. The van der Waals surface area contributed by atoms with Crippen LogP contribution in [0.1, 0.15) is 38.2 Å². The van der Waals surface area contributed by atoms with Gasteiger partial charge in [-0.3, -0.25) is 4.79 Å². The van der Waals surface area contributed by atoms with Gasteiger partial charge >= 0.3 is 11.9 Å². The van der Waals surface area contributed by atoms with Crippen molar-refractivity contribution in [3.05, 3.63) is 71.8 Å². The molecule has 2 aromatic rings. The number of esters is 2. The summed E-state index contributed by atoms with van der Waals surface area (Å²) in [7, 11) is 0. The molecule has 29 heavy (non-hydrogen) atoms. The van der Waals surface area contributed by atoms with E-state index in [1.54, 1.807) is 0 Å². The van der Waals surface area contributed by atoms with Gasteiger partial charge in [0.15, 0.2) is 0 Å². The van der Waals surface area contributed by atoms with Crippen molar-refractivity contribution in [1.29, 1.82) is 0 Å². The fraction of sp³-hybridized carbons (Fsp3) is 0.333. The zero-order valence-corrected chi connectivity index (χ0v) is 16.5. The van der Waals surface area contributed by atoms with E-state index in [-0.39, 0.29) is 0 Å². The maximum absolute atomic E-state index is 11.3. The molecule has 1 heterocycles. The fourth-order valence-electron chi connectivity index (χ4n) is 3.50. The Labute approximate surface area is 171 Å². The highest BCUT2D eigenvalue weighted by atomic mass is 16.6. The van der Waals surface area contributed by atoms with Crippen LogP contribution >= 0.6 is 0 Å². The van der Waals surface area contributed by atoms with Crippen LogP contribution in [-0.2, 0) is 25.5 Å². The average molecular weight is 394 g/mol. The Morgan fingerprint density at radius 3 is 2.34 bits per heavy atom. The molecule has 2 unspecified atom stereocenters. The molecule has 5 heteroatoms. The Kier molecular flexibility index (Phi) is 7.19. The summed E-state index contributed by atoms with van der Waals surface area (Å²) in [6.07, 6.45) is 3.57.